The van der Waals surface area contributed by atoms with Crippen molar-refractivity contribution in [1.29, 1.82) is 0 Å². The summed E-state index contributed by atoms with van der Waals surface area (Å²) in [6.07, 6.45) is 0. The molecule has 5 heteroatoms. The van der Waals surface area contributed by atoms with Gasteiger partial charge in [-0.1, -0.05) is 121 Å². The van der Waals surface area contributed by atoms with E-state index >= 15 is 0 Å². The van der Waals surface area contributed by atoms with E-state index in [-0.39, 0.29) is 0 Å². The fourth-order valence-electron chi connectivity index (χ4n) is 7.59. The second kappa shape index (κ2) is 10.7. The van der Waals surface area contributed by atoms with Crippen molar-refractivity contribution in [3.8, 4) is 34.2 Å². The average Bonchev–Trinajstić information content (AvgIpc) is 3.76. The summed E-state index contributed by atoms with van der Waals surface area (Å²) in [7, 11) is 0. The Morgan fingerprint density at radius 3 is 1.78 bits per heavy atom. The highest BCUT2D eigenvalue weighted by molar-refractivity contribution is 7.27. The van der Waals surface area contributed by atoms with Gasteiger partial charge in [0.1, 0.15) is 0 Å². The Morgan fingerprint density at radius 1 is 0.340 bits per heavy atom. The Kier molecular flexibility index (Phi) is 5.99. The van der Waals surface area contributed by atoms with Gasteiger partial charge in [-0.05, 0) is 57.3 Å². The van der Waals surface area contributed by atoms with Crippen LogP contribution in [0, 0.1) is 0 Å². The van der Waals surface area contributed by atoms with Gasteiger partial charge in [0.15, 0.2) is 17.5 Å². The van der Waals surface area contributed by atoms with Gasteiger partial charge in [0, 0.05) is 62.4 Å². The van der Waals surface area contributed by atoms with E-state index in [1.165, 1.54) is 67.3 Å². The smallest absolute Gasteiger partial charge is 0.164 e. The molecule has 0 spiro atoms. The third kappa shape index (κ3) is 4.18. The van der Waals surface area contributed by atoms with E-state index in [0.29, 0.717) is 17.5 Å². The normalized spacial score (nSPS) is 12.0. The summed E-state index contributed by atoms with van der Waals surface area (Å²) in [5, 5.41) is 12.1. The number of hydrogen-bond donors (Lipinski definition) is 0. The number of rotatable bonds is 3. The molecule has 50 heavy (non-hydrogen) atoms. The highest BCUT2D eigenvalue weighted by atomic mass is 32.1. The van der Waals surface area contributed by atoms with Crippen molar-refractivity contribution < 1.29 is 0 Å². The van der Waals surface area contributed by atoms with E-state index in [1.807, 2.05) is 22.7 Å². The molecular weight excluding hydrogens is 647 g/mol. The lowest BCUT2D eigenvalue weighted by atomic mass is 9.96. The molecule has 3 nitrogen and oxygen atoms in total. The minimum atomic E-state index is 0.665. The first-order chi connectivity index (χ1) is 24.8. The Morgan fingerprint density at radius 2 is 0.940 bits per heavy atom. The zero-order valence-electron chi connectivity index (χ0n) is 26.6. The van der Waals surface area contributed by atoms with E-state index in [9.17, 15) is 0 Å². The van der Waals surface area contributed by atoms with Gasteiger partial charge >= 0.3 is 0 Å². The molecule has 0 radical (unpaired) electrons. The summed E-state index contributed by atoms with van der Waals surface area (Å²) in [4.78, 5) is 16.0. The second-order valence-electron chi connectivity index (χ2n) is 12.8. The van der Waals surface area contributed by atoms with Crippen LogP contribution in [0.3, 0.4) is 0 Å². The SMILES string of the molecule is c1ccc2cc(-c3nc(-c4cccc5sc6ccccc6c45)nc(-c4cc5ccc6ccccc6c5c5sc6ccccc6c45)n3)ccc2c1. The average molecular weight is 672 g/mol. The molecular formula is C45H25N3S2. The van der Waals surface area contributed by atoms with Crippen LogP contribution in [0.5, 0.6) is 0 Å². The number of thiophene rings is 2. The third-order valence-electron chi connectivity index (χ3n) is 9.88. The van der Waals surface area contributed by atoms with Crippen molar-refractivity contribution >= 4 is 95.3 Å². The Balaban J connectivity index is 1.27. The van der Waals surface area contributed by atoms with E-state index in [1.54, 1.807) is 0 Å². The molecule has 0 saturated heterocycles. The molecule has 11 rings (SSSR count). The molecule has 0 saturated carbocycles. The van der Waals surface area contributed by atoms with Gasteiger partial charge < -0.3 is 0 Å². The summed E-state index contributed by atoms with van der Waals surface area (Å²) in [6.45, 7) is 0. The molecule has 0 aliphatic heterocycles. The topological polar surface area (TPSA) is 38.7 Å². The quantitative estimate of drug-likeness (QED) is 0.176. The molecule has 3 heterocycles. The van der Waals surface area contributed by atoms with Crippen molar-refractivity contribution in [2.45, 2.75) is 0 Å². The van der Waals surface area contributed by atoms with Gasteiger partial charge in [0.2, 0.25) is 0 Å². The standard InChI is InChI=1S/C45H25N3S2/c1-2-12-28-24-30(23-20-26(28)10-1)43-46-44(34-16-9-19-38-40(34)32-14-5-7-17-36(32)49-38)48-45(47-43)35-25-29-22-21-27-11-3-4-13-31(27)39(29)42-41(35)33-15-6-8-18-37(33)50-42/h1-25H. The van der Waals surface area contributed by atoms with Crippen molar-refractivity contribution in [3.05, 3.63) is 152 Å². The molecule has 0 atom stereocenters. The van der Waals surface area contributed by atoms with Crippen LogP contribution in [0.1, 0.15) is 0 Å². The number of aromatic nitrogens is 3. The summed E-state index contributed by atoms with van der Waals surface area (Å²) in [5.41, 5.74) is 3.01. The van der Waals surface area contributed by atoms with Crippen molar-refractivity contribution in [3.63, 3.8) is 0 Å². The predicted molar refractivity (Wildman–Crippen MR) is 214 cm³/mol. The summed E-state index contributed by atoms with van der Waals surface area (Å²) in [6, 6.07) is 54.2. The lowest BCUT2D eigenvalue weighted by molar-refractivity contribution is 1.08. The van der Waals surface area contributed by atoms with Crippen LogP contribution in [-0.4, -0.2) is 15.0 Å². The highest BCUT2D eigenvalue weighted by Gasteiger charge is 2.21. The number of nitrogens with zero attached hydrogens (tertiary/aromatic N) is 3. The van der Waals surface area contributed by atoms with E-state index in [0.717, 1.165) is 22.1 Å². The van der Waals surface area contributed by atoms with Crippen molar-refractivity contribution in [2.75, 3.05) is 0 Å². The van der Waals surface area contributed by atoms with Crippen molar-refractivity contribution in [1.82, 2.24) is 15.0 Å². The largest absolute Gasteiger partial charge is 0.208 e. The fourth-order valence-corrected chi connectivity index (χ4v) is 10.0. The van der Waals surface area contributed by atoms with E-state index in [4.69, 9.17) is 15.0 Å². The minimum Gasteiger partial charge on any atom is -0.208 e. The first kappa shape index (κ1) is 27.9. The Labute approximate surface area is 294 Å². The maximum absolute atomic E-state index is 5.39. The molecule has 0 bridgehead atoms. The van der Waals surface area contributed by atoms with Crippen molar-refractivity contribution in [2.24, 2.45) is 0 Å². The first-order valence-electron chi connectivity index (χ1n) is 16.7. The fraction of sp³-hybridized carbons (Fsp3) is 0. The zero-order valence-corrected chi connectivity index (χ0v) is 28.2. The first-order valence-corrected chi connectivity index (χ1v) is 18.3. The molecule has 0 fully saturated rings. The molecule has 0 aliphatic carbocycles. The van der Waals surface area contributed by atoms with Gasteiger partial charge in [0.25, 0.3) is 0 Å². The summed E-state index contributed by atoms with van der Waals surface area (Å²) in [5.74, 6) is 2.02. The maximum Gasteiger partial charge on any atom is 0.164 e. The zero-order chi connectivity index (χ0) is 32.8. The molecule has 0 amide bonds. The Hall–Kier alpha value is -6.01. The van der Waals surface area contributed by atoms with Crippen LogP contribution < -0.4 is 0 Å². The van der Waals surface area contributed by atoms with Gasteiger partial charge in [-0.25, -0.2) is 15.0 Å². The van der Waals surface area contributed by atoms with Crippen LogP contribution in [0.4, 0.5) is 0 Å². The molecule has 0 unspecified atom stereocenters. The number of benzene rings is 8. The predicted octanol–water partition coefficient (Wildman–Crippen LogP) is 13.1. The lowest BCUT2D eigenvalue weighted by Crippen LogP contribution is -2.01. The van der Waals surface area contributed by atoms with Gasteiger partial charge in [-0.3, -0.25) is 0 Å². The van der Waals surface area contributed by atoms with E-state index in [2.05, 4.69) is 152 Å². The van der Waals surface area contributed by atoms with Crippen LogP contribution in [0.25, 0.3) is 107 Å². The highest BCUT2D eigenvalue weighted by Crippen LogP contribution is 2.46. The molecule has 0 aliphatic rings. The third-order valence-corrected chi connectivity index (χ3v) is 12.2. The molecule has 232 valence electrons. The van der Waals surface area contributed by atoms with Crippen LogP contribution in [0.2, 0.25) is 0 Å². The minimum absolute atomic E-state index is 0.665. The maximum atomic E-state index is 5.39. The van der Waals surface area contributed by atoms with E-state index < -0.39 is 0 Å². The lowest BCUT2D eigenvalue weighted by Gasteiger charge is -2.13. The summed E-state index contributed by atoms with van der Waals surface area (Å²) >= 11 is 3.66. The van der Waals surface area contributed by atoms with Crippen LogP contribution in [0.15, 0.2) is 152 Å². The van der Waals surface area contributed by atoms with Crippen LogP contribution >= 0.6 is 22.7 Å². The molecule has 8 aromatic carbocycles. The van der Waals surface area contributed by atoms with Crippen LogP contribution in [-0.2, 0) is 0 Å². The van der Waals surface area contributed by atoms with Gasteiger partial charge in [-0.15, -0.1) is 22.7 Å². The number of hydrogen-bond acceptors (Lipinski definition) is 5. The Bertz CT molecular complexity index is 3170. The molecule has 11 aromatic rings. The van der Waals surface area contributed by atoms with Gasteiger partial charge in [-0.2, -0.15) is 0 Å². The second-order valence-corrected chi connectivity index (χ2v) is 14.9. The number of fused-ring (bicyclic) bond motifs is 11. The molecule has 0 N–H and O–H groups in total. The van der Waals surface area contributed by atoms with Gasteiger partial charge in [0.05, 0.1) is 0 Å². The monoisotopic (exact) mass is 671 g/mol. The summed E-state index contributed by atoms with van der Waals surface area (Å²) < 4.78 is 4.99. The molecule has 3 aromatic heterocycles.